The van der Waals surface area contributed by atoms with E-state index < -0.39 is 66.4 Å². The van der Waals surface area contributed by atoms with Crippen LogP contribution in [0.2, 0.25) is 0 Å². The zero-order valence-electron chi connectivity index (χ0n) is 19.1. The molecule has 0 bridgehead atoms. The first-order chi connectivity index (χ1) is 16.4. The smallest absolute Gasteiger partial charge is 0.328 e. The number of aromatic nitrogens is 1. The van der Waals surface area contributed by atoms with Gasteiger partial charge in [0.25, 0.3) is 0 Å². The van der Waals surface area contributed by atoms with E-state index in [1.165, 1.54) is 13.8 Å². The normalized spacial score (nSPS) is 15.3. The summed E-state index contributed by atoms with van der Waals surface area (Å²) in [6.45, 7) is 2.53. The van der Waals surface area contributed by atoms with Gasteiger partial charge in [0, 0.05) is 23.5 Å². The van der Waals surface area contributed by atoms with E-state index in [0.29, 0.717) is 5.56 Å². The standard InChI is InChI=1S/C22H29N5O8/c1-10(23)19(31)25-16(8-17(29)30)20(32)26-15(21(33)27-18(11(2)28)22(34)35)7-12-9-24-14-6-4-3-5-13(12)14/h3-6,9-11,15-16,18,24,28H,7-8,23H2,1-2H3,(H,25,31)(H,26,32)(H,27,33)(H,29,30)(H,34,35). The fourth-order valence-corrected chi connectivity index (χ4v) is 3.33. The molecule has 35 heavy (non-hydrogen) atoms. The first-order valence-corrected chi connectivity index (χ1v) is 10.7. The molecule has 0 spiro atoms. The average molecular weight is 492 g/mol. The van der Waals surface area contributed by atoms with Crippen LogP contribution in [0.4, 0.5) is 0 Å². The van der Waals surface area contributed by atoms with E-state index in [0.717, 1.165) is 10.9 Å². The number of nitrogens with two attached hydrogens (primary N) is 1. The topological polar surface area (TPSA) is 224 Å². The van der Waals surface area contributed by atoms with E-state index in [1.807, 2.05) is 0 Å². The van der Waals surface area contributed by atoms with Crippen LogP contribution < -0.4 is 21.7 Å². The van der Waals surface area contributed by atoms with Crippen LogP contribution in [-0.4, -0.2) is 80.2 Å². The number of para-hydroxylation sites is 1. The Kier molecular flexibility index (Phi) is 9.31. The molecule has 2 aromatic rings. The number of carbonyl (C=O) groups is 5. The van der Waals surface area contributed by atoms with Gasteiger partial charge in [0.2, 0.25) is 17.7 Å². The molecule has 0 radical (unpaired) electrons. The van der Waals surface area contributed by atoms with Crippen molar-refractivity contribution in [2.45, 2.75) is 57.0 Å². The highest BCUT2D eigenvalue weighted by molar-refractivity contribution is 5.96. The molecule has 0 aliphatic rings. The van der Waals surface area contributed by atoms with Gasteiger partial charge in [-0.25, -0.2) is 4.79 Å². The third kappa shape index (κ3) is 7.52. The monoisotopic (exact) mass is 491 g/mol. The molecule has 190 valence electrons. The minimum absolute atomic E-state index is 0.102. The number of aromatic amines is 1. The van der Waals surface area contributed by atoms with E-state index in [2.05, 4.69) is 20.9 Å². The van der Waals surface area contributed by atoms with Crippen molar-refractivity contribution in [1.29, 1.82) is 0 Å². The summed E-state index contributed by atoms with van der Waals surface area (Å²) < 4.78 is 0. The Morgan fingerprint density at radius 1 is 0.943 bits per heavy atom. The summed E-state index contributed by atoms with van der Waals surface area (Å²) in [6.07, 6.45) is -0.704. The molecule has 5 unspecified atom stereocenters. The third-order valence-electron chi connectivity index (χ3n) is 5.20. The van der Waals surface area contributed by atoms with Crippen molar-refractivity contribution >= 4 is 40.6 Å². The largest absolute Gasteiger partial charge is 0.481 e. The fraction of sp³-hybridized carbons (Fsp3) is 0.409. The van der Waals surface area contributed by atoms with Crippen molar-refractivity contribution in [2.75, 3.05) is 0 Å². The number of aliphatic hydroxyl groups excluding tert-OH is 1. The molecule has 1 heterocycles. The van der Waals surface area contributed by atoms with E-state index in [-0.39, 0.29) is 6.42 Å². The second-order valence-electron chi connectivity index (χ2n) is 8.14. The maximum Gasteiger partial charge on any atom is 0.328 e. The SMILES string of the molecule is CC(N)C(=O)NC(CC(=O)O)C(=O)NC(Cc1c[nH]c2ccccc12)C(=O)NC(C(=O)O)C(C)O. The summed E-state index contributed by atoms with van der Waals surface area (Å²) >= 11 is 0. The van der Waals surface area contributed by atoms with Crippen LogP contribution in [0.15, 0.2) is 30.5 Å². The first kappa shape index (κ1) is 27.3. The Morgan fingerprint density at radius 2 is 1.54 bits per heavy atom. The van der Waals surface area contributed by atoms with Crippen molar-refractivity contribution in [2.24, 2.45) is 5.73 Å². The number of aliphatic hydroxyl groups is 1. The number of hydrogen-bond donors (Lipinski definition) is 8. The molecule has 13 heteroatoms. The third-order valence-corrected chi connectivity index (χ3v) is 5.20. The lowest BCUT2D eigenvalue weighted by molar-refractivity contribution is -0.145. The number of aliphatic carboxylic acids is 2. The number of amides is 3. The lowest BCUT2D eigenvalue weighted by Crippen LogP contribution is -2.59. The van der Waals surface area contributed by atoms with Crippen LogP contribution >= 0.6 is 0 Å². The highest BCUT2D eigenvalue weighted by Crippen LogP contribution is 2.19. The first-order valence-electron chi connectivity index (χ1n) is 10.7. The number of H-pyrrole nitrogens is 1. The quantitative estimate of drug-likeness (QED) is 0.172. The van der Waals surface area contributed by atoms with Gasteiger partial charge in [0.05, 0.1) is 18.6 Å². The number of benzene rings is 1. The summed E-state index contributed by atoms with van der Waals surface area (Å²) in [5.41, 5.74) is 6.85. The summed E-state index contributed by atoms with van der Waals surface area (Å²) in [5, 5.41) is 35.7. The molecule has 0 aliphatic carbocycles. The van der Waals surface area contributed by atoms with Gasteiger partial charge >= 0.3 is 11.9 Å². The van der Waals surface area contributed by atoms with E-state index in [9.17, 15) is 34.2 Å². The van der Waals surface area contributed by atoms with E-state index >= 15 is 0 Å². The maximum absolute atomic E-state index is 13.0. The van der Waals surface area contributed by atoms with Crippen LogP contribution in [0, 0.1) is 0 Å². The molecular weight excluding hydrogens is 462 g/mol. The van der Waals surface area contributed by atoms with Crippen LogP contribution in [0.5, 0.6) is 0 Å². The van der Waals surface area contributed by atoms with Gasteiger partial charge < -0.3 is 42.0 Å². The van der Waals surface area contributed by atoms with Crippen molar-refractivity contribution < 1.29 is 39.3 Å². The molecule has 0 saturated carbocycles. The van der Waals surface area contributed by atoms with E-state index in [1.54, 1.807) is 30.5 Å². The predicted molar refractivity (Wildman–Crippen MR) is 123 cm³/mol. The lowest BCUT2D eigenvalue weighted by Gasteiger charge is -2.25. The Bertz CT molecular complexity index is 1100. The van der Waals surface area contributed by atoms with Crippen LogP contribution in [0.3, 0.4) is 0 Å². The number of nitrogens with one attached hydrogen (secondary N) is 4. The lowest BCUT2D eigenvalue weighted by atomic mass is 10.0. The van der Waals surface area contributed by atoms with Gasteiger partial charge in [-0.15, -0.1) is 0 Å². The Labute approximate surface area is 200 Å². The second-order valence-corrected chi connectivity index (χ2v) is 8.14. The average Bonchev–Trinajstić information content (AvgIpc) is 3.18. The van der Waals surface area contributed by atoms with Gasteiger partial charge in [0.15, 0.2) is 6.04 Å². The zero-order valence-corrected chi connectivity index (χ0v) is 19.1. The predicted octanol–water partition coefficient (Wildman–Crippen LogP) is -1.55. The van der Waals surface area contributed by atoms with Gasteiger partial charge in [-0.2, -0.15) is 0 Å². The molecule has 3 amide bonds. The molecule has 2 rings (SSSR count). The van der Waals surface area contributed by atoms with Crippen molar-refractivity contribution in [3.8, 4) is 0 Å². The van der Waals surface area contributed by atoms with Gasteiger partial charge in [0.1, 0.15) is 12.1 Å². The zero-order chi connectivity index (χ0) is 26.3. The molecule has 9 N–H and O–H groups in total. The summed E-state index contributed by atoms with van der Waals surface area (Å²) in [4.78, 5) is 63.6. The minimum atomic E-state index is -1.66. The number of carboxylic acids is 2. The van der Waals surface area contributed by atoms with Gasteiger partial charge in [-0.1, -0.05) is 18.2 Å². The summed E-state index contributed by atoms with van der Waals surface area (Å²) in [5.74, 6) is -5.55. The van der Waals surface area contributed by atoms with Gasteiger partial charge in [-0.3, -0.25) is 19.2 Å². The molecular formula is C22H29N5O8. The fourth-order valence-electron chi connectivity index (χ4n) is 3.33. The molecule has 0 saturated heterocycles. The van der Waals surface area contributed by atoms with Gasteiger partial charge in [-0.05, 0) is 25.5 Å². The number of rotatable bonds is 12. The molecule has 0 aliphatic heterocycles. The van der Waals surface area contributed by atoms with Crippen molar-refractivity contribution in [3.05, 3.63) is 36.0 Å². The summed E-state index contributed by atoms with van der Waals surface area (Å²) in [7, 11) is 0. The highest BCUT2D eigenvalue weighted by Gasteiger charge is 2.33. The minimum Gasteiger partial charge on any atom is -0.481 e. The molecule has 5 atom stereocenters. The van der Waals surface area contributed by atoms with Crippen molar-refractivity contribution in [3.63, 3.8) is 0 Å². The number of carboxylic acid groups (broad SMARTS) is 2. The van der Waals surface area contributed by atoms with Crippen LogP contribution in [0.1, 0.15) is 25.8 Å². The Morgan fingerprint density at radius 3 is 2.11 bits per heavy atom. The highest BCUT2D eigenvalue weighted by atomic mass is 16.4. The Hall–Kier alpha value is -3.97. The number of fused-ring (bicyclic) bond motifs is 1. The van der Waals surface area contributed by atoms with Crippen molar-refractivity contribution in [1.82, 2.24) is 20.9 Å². The molecule has 1 aromatic heterocycles. The van der Waals surface area contributed by atoms with Crippen LogP contribution in [-0.2, 0) is 30.4 Å². The van der Waals surface area contributed by atoms with Crippen LogP contribution in [0.25, 0.3) is 10.9 Å². The molecule has 13 nitrogen and oxygen atoms in total. The molecule has 1 aromatic carbocycles. The Balaban J connectivity index is 2.34. The summed E-state index contributed by atoms with van der Waals surface area (Å²) in [6, 6.07) is 1.56. The number of hydrogen-bond acceptors (Lipinski definition) is 7. The maximum atomic E-state index is 13.0. The van der Waals surface area contributed by atoms with E-state index in [4.69, 9.17) is 10.8 Å². The second kappa shape index (κ2) is 11.9. The number of carbonyl (C=O) groups excluding carboxylic acids is 3. The molecule has 0 fully saturated rings.